The van der Waals surface area contributed by atoms with Crippen LogP contribution in [0, 0.1) is 0 Å². The minimum absolute atomic E-state index is 0.176. The number of anilines is 1. The quantitative estimate of drug-likeness (QED) is 0.829. The zero-order chi connectivity index (χ0) is 14.7. The third-order valence-corrected chi connectivity index (χ3v) is 4.54. The van der Waals surface area contributed by atoms with Gasteiger partial charge in [-0.25, -0.2) is 4.98 Å². The number of fused-ring (bicyclic) bond motifs is 1. The fourth-order valence-electron chi connectivity index (χ4n) is 2.17. The van der Waals surface area contributed by atoms with Crippen molar-refractivity contribution < 1.29 is 5.11 Å². The molecule has 0 aromatic carbocycles. The number of thiophene rings is 1. The summed E-state index contributed by atoms with van der Waals surface area (Å²) in [5.41, 5.74) is 0. The average molecular weight is 314 g/mol. The van der Waals surface area contributed by atoms with Crippen molar-refractivity contribution in [2.45, 2.75) is 39.7 Å². The molecule has 20 heavy (non-hydrogen) atoms. The van der Waals surface area contributed by atoms with Crippen LogP contribution in [0.1, 0.15) is 32.1 Å². The van der Waals surface area contributed by atoms with Crippen molar-refractivity contribution >= 4 is 39.0 Å². The summed E-state index contributed by atoms with van der Waals surface area (Å²) >= 11 is 7.73. The van der Waals surface area contributed by atoms with Crippen LogP contribution in [-0.2, 0) is 6.42 Å². The number of aliphatic hydroxyl groups excluding tert-OH is 1. The first-order valence-electron chi connectivity index (χ1n) is 6.90. The van der Waals surface area contributed by atoms with Gasteiger partial charge in [-0.1, -0.05) is 6.92 Å². The molecule has 0 bridgehead atoms. The molecular formula is C14H20ClN3OS. The molecule has 0 saturated heterocycles. The number of nitrogens with zero attached hydrogens (tertiary/aromatic N) is 3. The molecule has 0 aliphatic rings. The van der Waals surface area contributed by atoms with Gasteiger partial charge >= 0.3 is 0 Å². The number of aromatic nitrogens is 2. The molecule has 0 spiro atoms. The van der Waals surface area contributed by atoms with Gasteiger partial charge in [-0.3, -0.25) is 0 Å². The standard InChI is InChI=1S/C14H20ClN3OS/c1-4-10-8-11-12(16-14(15)17-13(11)20-10)18(9(2)3)6-5-7-19/h8-9,19H,4-7H2,1-3H3. The van der Waals surface area contributed by atoms with Crippen LogP contribution < -0.4 is 4.90 Å². The van der Waals surface area contributed by atoms with Crippen molar-refractivity contribution in [3.05, 3.63) is 16.2 Å². The van der Waals surface area contributed by atoms with Crippen molar-refractivity contribution in [2.24, 2.45) is 0 Å². The van der Waals surface area contributed by atoms with Gasteiger partial charge in [-0.05, 0) is 44.4 Å². The molecule has 2 rings (SSSR count). The van der Waals surface area contributed by atoms with Gasteiger partial charge in [-0.15, -0.1) is 11.3 Å². The smallest absolute Gasteiger partial charge is 0.225 e. The fraction of sp³-hybridized carbons (Fsp3) is 0.571. The lowest BCUT2D eigenvalue weighted by Gasteiger charge is -2.28. The molecule has 1 N–H and O–H groups in total. The van der Waals surface area contributed by atoms with Crippen molar-refractivity contribution in [1.29, 1.82) is 0 Å². The van der Waals surface area contributed by atoms with Gasteiger partial charge in [0.2, 0.25) is 5.28 Å². The largest absolute Gasteiger partial charge is 0.396 e. The molecule has 2 heterocycles. The van der Waals surface area contributed by atoms with Crippen molar-refractivity contribution in [3.8, 4) is 0 Å². The number of halogens is 1. The topological polar surface area (TPSA) is 49.2 Å². The fourth-order valence-corrected chi connectivity index (χ4v) is 3.35. The highest BCUT2D eigenvalue weighted by atomic mass is 35.5. The number of rotatable bonds is 6. The maximum atomic E-state index is 9.07. The Kier molecular flexibility index (Phi) is 5.18. The summed E-state index contributed by atoms with van der Waals surface area (Å²) in [6.07, 6.45) is 1.70. The highest BCUT2D eigenvalue weighted by molar-refractivity contribution is 7.18. The molecule has 4 nitrogen and oxygen atoms in total. The normalized spacial score (nSPS) is 11.5. The molecule has 0 saturated carbocycles. The van der Waals surface area contributed by atoms with E-state index in [1.54, 1.807) is 11.3 Å². The molecule has 0 aliphatic carbocycles. The van der Waals surface area contributed by atoms with E-state index in [-0.39, 0.29) is 11.9 Å². The first-order chi connectivity index (χ1) is 9.56. The van der Waals surface area contributed by atoms with Crippen LogP contribution in [0.5, 0.6) is 0 Å². The molecule has 0 amide bonds. The number of aliphatic hydroxyl groups is 1. The Morgan fingerprint density at radius 1 is 1.40 bits per heavy atom. The van der Waals surface area contributed by atoms with E-state index < -0.39 is 0 Å². The minimum atomic E-state index is 0.176. The summed E-state index contributed by atoms with van der Waals surface area (Å²) in [6, 6.07) is 2.45. The van der Waals surface area contributed by atoms with Crippen LogP contribution in [0.3, 0.4) is 0 Å². The second-order valence-electron chi connectivity index (χ2n) is 4.97. The zero-order valence-electron chi connectivity index (χ0n) is 12.1. The molecule has 0 atom stereocenters. The van der Waals surface area contributed by atoms with Gasteiger partial charge < -0.3 is 10.0 Å². The third kappa shape index (κ3) is 3.22. The monoisotopic (exact) mass is 313 g/mol. The number of hydrogen-bond acceptors (Lipinski definition) is 5. The van der Waals surface area contributed by atoms with Gasteiger partial charge in [0.05, 0.1) is 5.39 Å². The third-order valence-electron chi connectivity index (χ3n) is 3.20. The van der Waals surface area contributed by atoms with Gasteiger partial charge in [-0.2, -0.15) is 4.98 Å². The molecule has 0 fully saturated rings. The van der Waals surface area contributed by atoms with Crippen LogP contribution in [0.25, 0.3) is 10.2 Å². The highest BCUT2D eigenvalue weighted by Crippen LogP contribution is 2.33. The summed E-state index contributed by atoms with van der Waals surface area (Å²) in [6.45, 7) is 7.30. The first kappa shape index (κ1) is 15.5. The predicted molar refractivity (Wildman–Crippen MR) is 86.0 cm³/mol. The van der Waals surface area contributed by atoms with Crippen LogP contribution in [0.2, 0.25) is 5.28 Å². The Bertz CT molecular complexity index is 585. The minimum Gasteiger partial charge on any atom is -0.396 e. The Hall–Kier alpha value is -0.910. The van der Waals surface area contributed by atoms with E-state index in [2.05, 4.69) is 41.7 Å². The Labute approximate surface area is 128 Å². The van der Waals surface area contributed by atoms with Crippen molar-refractivity contribution in [2.75, 3.05) is 18.1 Å². The Morgan fingerprint density at radius 3 is 2.75 bits per heavy atom. The highest BCUT2D eigenvalue weighted by Gasteiger charge is 2.18. The van der Waals surface area contributed by atoms with Crippen LogP contribution in [-0.4, -0.2) is 34.3 Å². The number of aryl methyl sites for hydroxylation is 1. The van der Waals surface area contributed by atoms with E-state index >= 15 is 0 Å². The average Bonchev–Trinajstić information content (AvgIpc) is 2.81. The molecule has 0 aliphatic heterocycles. The molecule has 0 radical (unpaired) electrons. The lowest BCUT2D eigenvalue weighted by Crippen LogP contribution is -2.33. The van der Waals surface area contributed by atoms with E-state index in [4.69, 9.17) is 16.7 Å². The summed E-state index contributed by atoms with van der Waals surface area (Å²) in [7, 11) is 0. The molecule has 110 valence electrons. The second kappa shape index (κ2) is 6.70. The van der Waals surface area contributed by atoms with Crippen LogP contribution >= 0.6 is 22.9 Å². The predicted octanol–water partition coefficient (Wildman–Crippen LogP) is 3.50. The zero-order valence-corrected chi connectivity index (χ0v) is 13.6. The van der Waals surface area contributed by atoms with Gasteiger partial charge in [0.25, 0.3) is 0 Å². The number of hydrogen-bond donors (Lipinski definition) is 1. The lowest BCUT2D eigenvalue weighted by molar-refractivity contribution is 0.288. The summed E-state index contributed by atoms with van der Waals surface area (Å²) < 4.78 is 0. The Morgan fingerprint density at radius 2 is 2.15 bits per heavy atom. The van der Waals surface area contributed by atoms with Crippen molar-refractivity contribution in [1.82, 2.24) is 9.97 Å². The molecule has 2 aromatic rings. The lowest BCUT2D eigenvalue weighted by atomic mass is 10.2. The van der Waals surface area contributed by atoms with E-state index in [9.17, 15) is 0 Å². The summed E-state index contributed by atoms with van der Waals surface area (Å²) in [5, 5.41) is 10.4. The Balaban J connectivity index is 2.51. The van der Waals surface area contributed by atoms with Crippen LogP contribution in [0.4, 0.5) is 5.82 Å². The van der Waals surface area contributed by atoms with E-state index in [1.165, 1.54) is 4.88 Å². The summed E-state index contributed by atoms with van der Waals surface area (Å²) in [4.78, 5) is 13.1. The summed E-state index contributed by atoms with van der Waals surface area (Å²) in [5.74, 6) is 0.874. The van der Waals surface area contributed by atoms with Crippen molar-refractivity contribution in [3.63, 3.8) is 0 Å². The van der Waals surface area contributed by atoms with E-state index in [1.807, 2.05) is 0 Å². The maximum absolute atomic E-state index is 9.07. The second-order valence-corrected chi connectivity index (χ2v) is 6.42. The van der Waals surface area contributed by atoms with Gasteiger partial charge in [0, 0.05) is 24.1 Å². The van der Waals surface area contributed by atoms with Crippen LogP contribution in [0.15, 0.2) is 6.07 Å². The van der Waals surface area contributed by atoms with E-state index in [0.717, 1.165) is 29.0 Å². The van der Waals surface area contributed by atoms with Gasteiger partial charge in [0.1, 0.15) is 10.6 Å². The van der Waals surface area contributed by atoms with E-state index in [0.29, 0.717) is 12.5 Å². The van der Waals surface area contributed by atoms with Gasteiger partial charge in [0.15, 0.2) is 0 Å². The first-order valence-corrected chi connectivity index (χ1v) is 8.09. The SMILES string of the molecule is CCc1cc2c(N(CCCO)C(C)C)nc(Cl)nc2s1. The molecular weight excluding hydrogens is 294 g/mol. The molecule has 2 aromatic heterocycles. The maximum Gasteiger partial charge on any atom is 0.225 e. The molecule has 6 heteroatoms. The molecule has 0 unspecified atom stereocenters.